The van der Waals surface area contributed by atoms with Crippen LogP contribution in [0.3, 0.4) is 0 Å². The molecule has 0 aliphatic heterocycles. The van der Waals surface area contributed by atoms with Crippen LogP contribution in [-0.4, -0.2) is 13.1 Å². The number of hydrogen-bond donors (Lipinski definition) is 1. The van der Waals surface area contributed by atoms with Gasteiger partial charge in [-0.2, -0.15) is 0 Å². The molecule has 1 fully saturated rings. The second-order valence-corrected chi connectivity index (χ2v) is 7.14. The molecule has 0 aromatic carbocycles. The summed E-state index contributed by atoms with van der Waals surface area (Å²) in [7, 11) is 0. The van der Waals surface area contributed by atoms with E-state index in [-0.39, 0.29) is 0 Å². The van der Waals surface area contributed by atoms with Crippen LogP contribution in [0.2, 0.25) is 0 Å². The quantitative estimate of drug-likeness (QED) is 0.644. The van der Waals surface area contributed by atoms with E-state index < -0.39 is 0 Å². The van der Waals surface area contributed by atoms with Gasteiger partial charge >= 0.3 is 0 Å². The van der Waals surface area contributed by atoms with Crippen LogP contribution >= 0.6 is 0 Å². The average molecular weight is 268 g/mol. The molecule has 0 aromatic heterocycles. The summed E-state index contributed by atoms with van der Waals surface area (Å²) in [6.45, 7) is 14.2. The SMILES string of the molecule is CCC1CCC(CNCC(C)C)C(C(CC)CC)C1. The van der Waals surface area contributed by atoms with E-state index in [1.54, 1.807) is 0 Å². The molecule has 1 N–H and O–H groups in total. The lowest BCUT2D eigenvalue weighted by molar-refractivity contribution is 0.110. The first-order valence-corrected chi connectivity index (χ1v) is 8.82. The van der Waals surface area contributed by atoms with E-state index in [0.29, 0.717) is 0 Å². The minimum Gasteiger partial charge on any atom is -0.316 e. The maximum atomic E-state index is 3.72. The Labute approximate surface area is 121 Å². The van der Waals surface area contributed by atoms with Crippen molar-refractivity contribution in [3.05, 3.63) is 0 Å². The van der Waals surface area contributed by atoms with Crippen LogP contribution in [0.5, 0.6) is 0 Å². The molecule has 0 spiro atoms. The highest BCUT2D eigenvalue weighted by Crippen LogP contribution is 2.41. The van der Waals surface area contributed by atoms with Crippen molar-refractivity contribution in [1.29, 1.82) is 0 Å². The van der Waals surface area contributed by atoms with Crippen molar-refractivity contribution in [1.82, 2.24) is 5.32 Å². The van der Waals surface area contributed by atoms with Gasteiger partial charge in [0.15, 0.2) is 0 Å². The van der Waals surface area contributed by atoms with Crippen LogP contribution < -0.4 is 5.32 Å². The van der Waals surface area contributed by atoms with Gasteiger partial charge in [-0.05, 0) is 55.5 Å². The summed E-state index contributed by atoms with van der Waals surface area (Å²) >= 11 is 0. The highest BCUT2D eigenvalue weighted by atomic mass is 14.9. The number of nitrogens with one attached hydrogen (secondary N) is 1. The Kier molecular flexibility index (Phi) is 8.06. The zero-order chi connectivity index (χ0) is 14.3. The van der Waals surface area contributed by atoms with Crippen LogP contribution in [0.1, 0.15) is 73.1 Å². The van der Waals surface area contributed by atoms with E-state index in [4.69, 9.17) is 0 Å². The van der Waals surface area contributed by atoms with Crippen molar-refractivity contribution in [2.45, 2.75) is 73.1 Å². The van der Waals surface area contributed by atoms with Crippen molar-refractivity contribution >= 4 is 0 Å². The van der Waals surface area contributed by atoms with Gasteiger partial charge in [0.2, 0.25) is 0 Å². The molecule has 1 aliphatic rings. The summed E-state index contributed by atoms with van der Waals surface area (Å²) in [6, 6.07) is 0. The monoisotopic (exact) mass is 267 g/mol. The molecule has 0 bridgehead atoms. The molecular weight excluding hydrogens is 230 g/mol. The first-order chi connectivity index (χ1) is 9.12. The molecule has 1 saturated carbocycles. The molecule has 1 rings (SSSR count). The molecule has 0 amide bonds. The lowest BCUT2D eigenvalue weighted by Crippen LogP contribution is -2.37. The van der Waals surface area contributed by atoms with Crippen molar-refractivity contribution in [3.8, 4) is 0 Å². The van der Waals surface area contributed by atoms with Gasteiger partial charge in [-0.15, -0.1) is 0 Å². The largest absolute Gasteiger partial charge is 0.316 e. The van der Waals surface area contributed by atoms with Gasteiger partial charge in [0.25, 0.3) is 0 Å². The van der Waals surface area contributed by atoms with Crippen LogP contribution in [0.25, 0.3) is 0 Å². The lowest BCUT2D eigenvalue weighted by Gasteiger charge is -2.40. The third-order valence-corrected chi connectivity index (χ3v) is 5.35. The van der Waals surface area contributed by atoms with Crippen molar-refractivity contribution < 1.29 is 0 Å². The maximum absolute atomic E-state index is 3.72. The number of rotatable bonds is 8. The molecule has 114 valence electrons. The second-order valence-electron chi connectivity index (χ2n) is 7.14. The molecule has 0 aromatic rings. The molecule has 1 aliphatic carbocycles. The van der Waals surface area contributed by atoms with Crippen LogP contribution in [-0.2, 0) is 0 Å². The van der Waals surface area contributed by atoms with Gasteiger partial charge in [-0.3, -0.25) is 0 Å². The zero-order valence-electron chi connectivity index (χ0n) is 14.0. The Balaban J connectivity index is 2.54. The predicted octanol–water partition coefficient (Wildman–Crippen LogP) is 5.11. The zero-order valence-corrected chi connectivity index (χ0v) is 14.0. The molecule has 3 unspecified atom stereocenters. The van der Waals surface area contributed by atoms with Crippen LogP contribution in [0, 0.1) is 29.6 Å². The topological polar surface area (TPSA) is 12.0 Å². The lowest BCUT2D eigenvalue weighted by atomic mass is 9.66. The average Bonchev–Trinajstić information content (AvgIpc) is 2.41. The van der Waals surface area contributed by atoms with Gasteiger partial charge in [0.05, 0.1) is 0 Å². The van der Waals surface area contributed by atoms with E-state index in [2.05, 4.69) is 39.9 Å². The molecule has 0 radical (unpaired) electrons. The maximum Gasteiger partial charge on any atom is -0.00176 e. The molecule has 19 heavy (non-hydrogen) atoms. The van der Waals surface area contributed by atoms with E-state index in [0.717, 1.165) is 29.6 Å². The van der Waals surface area contributed by atoms with Gasteiger partial charge < -0.3 is 5.32 Å². The van der Waals surface area contributed by atoms with Gasteiger partial charge in [-0.25, -0.2) is 0 Å². The van der Waals surface area contributed by atoms with Gasteiger partial charge in [-0.1, -0.05) is 60.3 Å². The molecule has 0 heterocycles. The Morgan fingerprint density at radius 1 is 1.05 bits per heavy atom. The molecule has 3 atom stereocenters. The number of hydrogen-bond acceptors (Lipinski definition) is 1. The van der Waals surface area contributed by atoms with Crippen molar-refractivity contribution in [2.75, 3.05) is 13.1 Å². The van der Waals surface area contributed by atoms with Crippen LogP contribution in [0.4, 0.5) is 0 Å². The summed E-state index contributed by atoms with van der Waals surface area (Å²) in [4.78, 5) is 0. The minimum absolute atomic E-state index is 0.776. The minimum atomic E-state index is 0.776. The van der Waals surface area contributed by atoms with Gasteiger partial charge in [0, 0.05) is 0 Å². The summed E-state index contributed by atoms with van der Waals surface area (Å²) in [5, 5.41) is 3.72. The highest BCUT2D eigenvalue weighted by Gasteiger charge is 2.33. The Bertz CT molecular complexity index is 220. The second kappa shape index (κ2) is 9.00. The summed E-state index contributed by atoms with van der Waals surface area (Å²) < 4.78 is 0. The molecule has 1 heteroatoms. The highest BCUT2D eigenvalue weighted by molar-refractivity contribution is 4.84. The Morgan fingerprint density at radius 3 is 2.26 bits per heavy atom. The summed E-state index contributed by atoms with van der Waals surface area (Å²) in [5.41, 5.74) is 0. The molecule has 0 saturated heterocycles. The van der Waals surface area contributed by atoms with E-state index in [1.807, 2.05) is 0 Å². The molecular formula is C18H37N. The van der Waals surface area contributed by atoms with E-state index in [9.17, 15) is 0 Å². The summed E-state index contributed by atoms with van der Waals surface area (Å²) in [6.07, 6.45) is 8.57. The third kappa shape index (κ3) is 5.45. The fraction of sp³-hybridized carbons (Fsp3) is 1.00. The van der Waals surface area contributed by atoms with E-state index in [1.165, 1.54) is 51.6 Å². The Hall–Kier alpha value is -0.0400. The fourth-order valence-electron chi connectivity index (χ4n) is 4.01. The normalized spacial score (nSPS) is 28.3. The third-order valence-electron chi connectivity index (χ3n) is 5.35. The Morgan fingerprint density at radius 2 is 1.74 bits per heavy atom. The first kappa shape index (κ1) is 17.0. The van der Waals surface area contributed by atoms with Crippen molar-refractivity contribution in [3.63, 3.8) is 0 Å². The van der Waals surface area contributed by atoms with Crippen LogP contribution in [0.15, 0.2) is 0 Å². The predicted molar refractivity (Wildman–Crippen MR) is 86.4 cm³/mol. The van der Waals surface area contributed by atoms with Crippen molar-refractivity contribution in [2.24, 2.45) is 29.6 Å². The smallest absolute Gasteiger partial charge is 0.00176 e. The standard InChI is InChI=1S/C18H37N/c1-6-15-9-10-17(13-19-12-14(4)5)18(11-15)16(7-2)8-3/h14-19H,6-13H2,1-5H3. The summed E-state index contributed by atoms with van der Waals surface area (Å²) in [5.74, 6) is 4.66. The van der Waals surface area contributed by atoms with E-state index >= 15 is 0 Å². The van der Waals surface area contributed by atoms with Gasteiger partial charge in [0.1, 0.15) is 0 Å². The fourth-order valence-corrected chi connectivity index (χ4v) is 4.01. The molecule has 1 nitrogen and oxygen atoms in total. The first-order valence-electron chi connectivity index (χ1n) is 8.82.